The molecule has 0 atom stereocenters. The summed E-state index contributed by atoms with van der Waals surface area (Å²) in [6, 6.07) is 9.39. The Labute approximate surface area is 126 Å². The Balaban J connectivity index is 2.24. The van der Waals surface area contributed by atoms with Crippen LogP contribution in [-0.2, 0) is 4.79 Å². The number of rotatable bonds is 5. The minimum Gasteiger partial charge on any atom is -0.497 e. The maximum atomic E-state index is 11.9. The number of carbonyl (C=O) groups is 2. The Kier molecular flexibility index (Phi) is 4.81. The molecule has 1 aromatic heterocycles. The number of aromatic nitrogens is 1. The molecule has 0 fully saturated rings. The van der Waals surface area contributed by atoms with E-state index in [0.29, 0.717) is 16.9 Å². The van der Waals surface area contributed by atoms with E-state index in [4.69, 9.17) is 4.74 Å². The lowest BCUT2D eigenvalue weighted by Gasteiger charge is -2.05. The van der Waals surface area contributed by atoms with Gasteiger partial charge in [-0.2, -0.15) is 5.10 Å². The lowest BCUT2D eigenvalue weighted by molar-refractivity contribution is -0.129. The summed E-state index contributed by atoms with van der Waals surface area (Å²) in [5.41, 5.74) is 2.57. The van der Waals surface area contributed by atoms with Gasteiger partial charge in [-0.3, -0.25) is 9.78 Å². The van der Waals surface area contributed by atoms with Crippen LogP contribution >= 0.6 is 0 Å². The highest BCUT2D eigenvalue weighted by Crippen LogP contribution is 2.13. The molecule has 7 nitrogen and oxygen atoms in total. The molecule has 0 aliphatic heterocycles. The van der Waals surface area contributed by atoms with Gasteiger partial charge in [0.05, 0.1) is 7.11 Å². The smallest absolute Gasteiger partial charge is 0.356 e. The van der Waals surface area contributed by atoms with Crippen molar-refractivity contribution in [2.45, 2.75) is 0 Å². The standard InChI is InChI=1S/C15H13N3O4/c1-22-12-4-2-3-11(9-12)13(15(20)21)17-18-14(19)10-5-7-16-8-6-10/h2-9H,1H3,(H,18,19)(H,20,21). The third-order valence-corrected chi connectivity index (χ3v) is 2.76. The number of carboxylic acid groups (broad SMARTS) is 1. The zero-order valence-electron chi connectivity index (χ0n) is 11.7. The Hall–Kier alpha value is -3.22. The molecule has 0 aliphatic rings. The lowest BCUT2D eigenvalue weighted by Crippen LogP contribution is -2.24. The first-order valence-corrected chi connectivity index (χ1v) is 6.27. The van der Waals surface area contributed by atoms with Crippen molar-refractivity contribution in [1.29, 1.82) is 0 Å². The van der Waals surface area contributed by atoms with E-state index < -0.39 is 11.9 Å². The number of aliphatic carboxylic acids is 1. The van der Waals surface area contributed by atoms with Crippen LogP contribution in [0.3, 0.4) is 0 Å². The van der Waals surface area contributed by atoms with Crippen molar-refractivity contribution in [3.05, 3.63) is 59.9 Å². The number of nitrogens with one attached hydrogen (secondary N) is 1. The summed E-state index contributed by atoms with van der Waals surface area (Å²) in [5.74, 6) is -1.29. The SMILES string of the molecule is COc1cccc(C(=NNC(=O)c2ccncc2)C(=O)O)c1. The summed E-state index contributed by atoms with van der Waals surface area (Å²) in [6.45, 7) is 0. The summed E-state index contributed by atoms with van der Waals surface area (Å²) < 4.78 is 5.04. The molecule has 2 N–H and O–H groups in total. The number of methoxy groups -OCH3 is 1. The zero-order valence-corrected chi connectivity index (χ0v) is 11.7. The van der Waals surface area contributed by atoms with Gasteiger partial charge in [0.25, 0.3) is 5.91 Å². The predicted molar refractivity (Wildman–Crippen MR) is 78.9 cm³/mol. The van der Waals surface area contributed by atoms with Gasteiger partial charge in [0.1, 0.15) is 5.75 Å². The molecule has 0 radical (unpaired) electrons. The van der Waals surface area contributed by atoms with Crippen LogP contribution < -0.4 is 10.2 Å². The Morgan fingerprint density at radius 1 is 1.18 bits per heavy atom. The summed E-state index contributed by atoms with van der Waals surface area (Å²) >= 11 is 0. The number of hydrazone groups is 1. The minimum atomic E-state index is -1.26. The average Bonchev–Trinajstić information content (AvgIpc) is 2.55. The summed E-state index contributed by atoms with van der Waals surface area (Å²) in [6.07, 6.45) is 2.91. The van der Waals surface area contributed by atoms with E-state index in [1.165, 1.54) is 37.7 Å². The summed E-state index contributed by atoms with van der Waals surface area (Å²) in [4.78, 5) is 27.0. The van der Waals surface area contributed by atoms with Gasteiger partial charge in [-0.1, -0.05) is 12.1 Å². The van der Waals surface area contributed by atoms with E-state index in [9.17, 15) is 14.7 Å². The van der Waals surface area contributed by atoms with Crippen LogP contribution in [-0.4, -0.2) is 34.8 Å². The average molecular weight is 299 g/mol. The van der Waals surface area contributed by atoms with E-state index in [1.54, 1.807) is 18.2 Å². The van der Waals surface area contributed by atoms with Crippen molar-refractivity contribution in [2.75, 3.05) is 7.11 Å². The second-order valence-electron chi connectivity index (χ2n) is 4.17. The molecule has 112 valence electrons. The molecular weight excluding hydrogens is 286 g/mol. The normalized spacial score (nSPS) is 10.9. The quantitative estimate of drug-likeness (QED) is 0.640. The van der Waals surface area contributed by atoms with E-state index in [2.05, 4.69) is 15.5 Å². The molecule has 1 heterocycles. The van der Waals surface area contributed by atoms with Crippen LogP contribution in [0.1, 0.15) is 15.9 Å². The largest absolute Gasteiger partial charge is 0.497 e. The van der Waals surface area contributed by atoms with Gasteiger partial charge in [-0.05, 0) is 24.3 Å². The van der Waals surface area contributed by atoms with Gasteiger partial charge in [0, 0.05) is 23.5 Å². The molecular formula is C15H13N3O4. The van der Waals surface area contributed by atoms with E-state index >= 15 is 0 Å². The summed E-state index contributed by atoms with van der Waals surface area (Å²) in [5, 5.41) is 12.9. The monoisotopic (exact) mass is 299 g/mol. The van der Waals surface area contributed by atoms with E-state index in [1.807, 2.05) is 0 Å². The summed E-state index contributed by atoms with van der Waals surface area (Å²) in [7, 11) is 1.47. The zero-order chi connectivity index (χ0) is 15.9. The third-order valence-electron chi connectivity index (χ3n) is 2.76. The number of nitrogens with zero attached hydrogens (tertiary/aromatic N) is 2. The second kappa shape index (κ2) is 6.98. The van der Waals surface area contributed by atoms with Crippen molar-refractivity contribution in [2.24, 2.45) is 5.10 Å². The molecule has 0 aliphatic carbocycles. The number of hydrogen-bond donors (Lipinski definition) is 2. The molecule has 1 aromatic carbocycles. The molecule has 0 unspecified atom stereocenters. The Morgan fingerprint density at radius 3 is 2.55 bits per heavy atom. The van der Waals surface area contributed by atoms with Gasteiger partial charge in [0.2, 0.25) is 0 Å². The second-order valence-corrected chi connectivity index (χ2v) is 4.17. The molecule has 0 bridgehead atoms. The topological polar surface area (TPSA) is 101 Å². The number of carbonyl (C=O) groups excluding carboxylic acids is 1. The molecule has 1 amide bonds. The maximum Gasteiger partial charge on any atom is 0.356 e. The Morgan fingerprint density at radius 2 is 1.91 bits per heavy atom. The number of carboxylic acids is 1. The van der Waals surface area contributed by atoms with Gasteiger partial charge in [-0.15, -0.1) is 0 Å². The third kappa shape index (κ3) is 3.66. The van der Waals surface area contributed by atoms with Crippen molar-refractivity contribution < 1.29 is 19.4 Å². The predicted octanol–water partition coefficient (Wildman–Crippen LogP) is 1.31. The van der Waals surface area contributed by atoms with Gasteiger partial charge >= 0.3 is 5.97 Å². The number of benzene rings is 1. The van der Waals surface area contributed by atoms with Crippen molar-refractivity contribution in [3.8, 4) is 5.75 Å². The van der Waals surface area contributed by atoms with Crippen LogP contribution in [0.2, 0.25) is 0 Å². The highest BCUT2D eigenvalue weighted by Gasteiger charge is 2.14. The first kappa shape index (κ1) is 15.2. The van der Waals surface area contributed by atoms with Crippen LogP contribution in [0.25, 0.3) is 0 Å². The van der Waals surface area contributed by atoms with Crippen molar-refractivity contribution in [1.82, 2.24) is 10.4 Å². The minimum absolute atomic E-state index is 0.290. The van der Waals surface area contributed by atoms with Crippen molar-refractivity contribution >= 4 is 17.6 Å². The van der Waals surface area contributed by atoms with Crippen LogP contribution in [0.4, 0.5) is 0 Å². The van der Waals surface area contributed by atoms with Crippen LogP contribution in [0, 0.1) is 0 Å². The lowest BCUT2D eigenvalue weighted by atomic mass is 10.1. The van der Waals surface area contributed by atoms with Crippen LogP contribution in [0.5, 0.6) is 5.75 Å². The van der Waals surface area contributed by atoms with Crippen molar-refractivity contribution in [3.63, 3.8) is 0 Å². The molecule has 0 saturated heterocycles. The first-order chi connectivity index (χ1) is 10.6. The van der Waals surface area contributed by atoms with E-state index in [-0.39, 0.29) is 5.71 Å². The fourth-order valence-corrected chi connectivity index (χ4v) is 1.68. The fraction of sp³-hybridized carbons (Fsp3) is 0.0667. The number of amides is 1. The molecule has 0 saturated carbocycles. The Bertz CT molecular complexity index is 714. The number of pyridine rings is 1. The highest BCUT2D eigenvalue weighted by molar-refractivity contribution is 6.42. The highest BCUT2D eigenvalue weighted by atomic mass is 16.5. The molecule has 0 spiro atoms. The molecule has 2 rings (SSSR count). The number of ether oxygens (including phenoxy) is 1. The maximum absolute atomic E-state index is 11.9. The van der Waals surface area contributed by atoms with Crippen LogP contribution in [0.15, 0.2) is 53.9 Å². The van der Waals surface area contributed by atoms with Gasteiger partial charge < -0.3 is 9.84 Å². The molecule has 7 heteroatoms. The first-order valence-electron chi connectivity index (χ1n) is 6.27. The van der Waals surface area contributed by atoms with Gasteiger partial charge in [0.15, 0.2) is 5.71 Å². The van der Waals surface area contributed by atoms with Gasteiger partial charge in [-0.25, -0.2) is 10.2 Å². The fourth-order valence-electron chi connectivity index (χ4n) is 1.68. The van der Waals surface area contributed by atoms with E-state index in [0.717, 1.165) is 0 Å². The number of hydrogen-bond acceptors (Lipinski definition) is 5. The molecule has 22 heavy (non-hydrogen) atoms. The molecule has 2 aromatic rings.